The molecule has 0 radical (unpaired) electrons. The number of carboxylic acids is 1. The highest BCUT2D eigenvalue weighted by molar-refractivity contribution is 5.81. The molecule has 6 heteroatoms. The van der Waals surface area contributed by atoms with E-state index >= 15 is 0 Å². The van der Waals surface area contributed by atoms with Crippen molar-refractivity contribution in [1.82, 2.24) is 0 Å². The molecule has 1 aliphatic rings. The van der Waals surface area contributed by atoms with Crippen LogP contribution in [0.3, 0.4) is 0 Å². The van der Waals surface area contributed by atoms with Crippen LogP contribution in [0.15, 0.2) is 12.2 Å². The first-order chi connectivity index (χ1) is 10.3. The van der Waals surface area contributed by atoms with Gasteiger partial charge in [0.2, 0.25) is 0 Å². The summed E-state index contributed by atoms with van der Waals surface area (Å²) in [7, 11) is 0. The maximum atomic E-state index is 12.0. The van der Waals surface area contributed by atoms with E-state index in [9.17, 15) is 14.4 Å². The monoisotopic (exact) mass is 312 g/mol. The number of esters is 2. The number of carboxylic acid groups (broad SMARTS) is 1. The smallest absolute Gasteiger partial charge is 0.311 e. The second-order valence-electron chi connectivity index (χ2n) is 6.03. The standard InChI is InChI=1S/C16H24O6/c1-4-16(2,3)15(20)22-10-9-21-14(19)12-8-6-5-7-11(12)13(17)18/h5-6,11-12H,4,7-10H2,1-3H3,(H,17,18). The van der Waals surface area contributed by atoms with E-state index in [-0.39, 0.29) is 19.2 Å². The summed E-state index contributed by atoms with van der Waals surface area (Å²) in [6.07, 6.45) is 4.89. The van der Waals surface area contributed by atoms with E-state index in [2.05, 4.69) is 0 Å². The zero-order valence-corrected chi connectivity index (χ0v) is 13.3. The van der Waals surface area contributed by atoms with Gasteiger partial charge in [-0.1, -0.05) is 19.1 Å². The lowest BCUT2D eigenvalue weighted by molar-refractivity contribution is -0.163. The number of carbonyl (C=O) groups excluding carboxylic acids is 2. The summed E-state index contributed by atoms with van der Waals surface area (Å²) < 4.78 is 10.1. The molecule has 124 valence electrons. The number of allylic oxidation sites excluding steroid dienone is 2. The minimum absolute atomic E-state index is 0.0195. The van der Waals surface area contributed by atoms with Crippen molar-refractivity contribution >= 4 is 17.9 Å². The Morgan fingerprint density at radius 1 is 1.09 bits per heavy atom. The molecule has 2 unspecified atom stereocenters. The van der Waals surface area contributed by atoms with Gasteiger partial charge in [0.1, 0.15) is 13.2 Å². The minimum Gasteiger partial charge on any atom is -0.481 e. The largest absolute Gasteiger partial charge is 0.481 e. The highest BCUT2D eigenvalue weighted by Crippen LogP contribution is 2.27. The van der Waals surface area contributed by atoms with Crippen LogP contribution in [0.5, 0.6) is 0 Å². The summed E-state index contributed by atoms with van der Waals surface area (Å²) in [5, 5.41) is 9.11. The van der Waals surface area contributed by atoms with Crippen molar-refractivity contribution in [1.29, 1.82) is 0 Å². The first-order valence-electron chi connectivity index (χ1n) is 7.51. The van der Waals surface area contributed by atoms with Crippen LogP contribution in [-0.4, -0.2) is 36.2 Å². The van der Waals surface area contributed by atoms with E-state index in [1.54, 1.807) is 26.0 Å². The Bertz CT molecular complexity index is 452. The molecule has 0 aromatic heterocycles. The van der Waals surface area contributed by atoms with Gasteiger partial charge in [-0.05, 0) is 33.1 Å². The van der Waals surface area contributed by atoms with Crippen LogP contribution < -0.4 is 0 Å². The predicted octanol–water partition coefficient (Wildman–Crippen LogP) is 2.18. The zero-order valence-electron chi connectivity index (χ0n) is 13.3. The number of rotatable bonds is 7. The normalized spacial score (nSPS) is 21.2. The summed E-state index contributed by atoms with van der Waals surface area (Å²) in [4.78, 5) is 34.8. The van der Waals surface area contributed by atoms with Crippen molar-refractivity contribution in [3.05, 3.63) is 12.2 Å². The Hall–Kier alpha value is -1.85. The van der Waals surface area contributed by atoms with Gasteiger partial charge in [-0.3, -0.25) is 14.4 Å². The van der Waals surface area contributed by atoms with Crippen LogP contribution >= 0.6 is 0 Å². The number of hydrogen-bond donors (Lipinski definition) is 1. The van der Waals surface area contributed by atoms with E-state index in [1.165, 1.54) is 0 Å². The lowest BCUT2D eigenvalue weighted by Gasteiger charge is -2.23. The Labute approximate surface area is 130 Å². The number of carbonyl (C=O) groups is 3. The molecular weight excluding hydrogens is 288 g/mol. The van der Waals surface area contributed by atoms with Crippen LogP contribution in [0, 0.1) is 17.3 Å². The van der Waals surface area contributed by atoms with Crippen molar-refractivity contribution < 1.29 is 29.0 Å². The van der Waals surface area contributed by atoms with Gasteiger partial charge in [0.05, 0.1) is 17.3 Å². The van der Waals surface area contributed by atoms with Gasteiger partial charge < -0.3 is 14.6 Å². The summed E-state index contributed by atoms with van der Waals surface area (Å²) >= 11 is 0. The fourth-order valence-electron chi connectivity index (χ4n) is 2.07. The first kappa shape index (κ1) is 18.2. The lowest BCUT2D eigenvalue weighted by atomic mass is 9.83. The van der Waals surface area contributed by atoms with E-state index in [0.717, 1.165) is 0 Å². The van der Waals surface area contributed by atoms with Crippen molar-refractivity contribution in [2.75, 3.05) is 13.2 Å². The molecule has 0 aromatic carbocycles. The maximum absolute atomic E-state index is 12.0. The van der Waals surface area contributed by atoms with Crippen LogP contribution in [-0.2, 0) is 23.9 Å². The topological polar surface area (TPSA) is 89.9 Å². The van der Waals surface area contributed by atoms with E-state index in [4.69, 9.17) is 14.6 Å². The summed E-state index contributed by atoms with van der Waals surface area (Å²) in [6.45, 7) is 5.38. The Morgan fingerprint density at radius 2 is 1.64 bits per heavy atom. The maximum Gasteiger partial charge on any atom is 0.311 e. The predicted molar refractivity (Wildman–Crippen MR) is 79.0 cm³/mol. The second-order valence-corrected chi connectivity index (χ2v) is 6.03. The van der Waals surface area contributed by atoms with E-state index in [0.29, 0.717) is 19.3 Å². The second kappa shape index (κ2) is 7.96. The third kappa shape index (κ3) is 4.86. The molecule has 0 saturated carbocycles. The molecule has 1 aliphatic carbocycles. The zero-order chi connectivity index (χ0) is 16.8. The molecule has 1 N–H and O–H groups in total. The number of ether oxygens (including phenoxy) is 2. The van der Waals surface area contributed by atoms with Crippen LogP contribution in [0.25, 0.3) is 0 Å². The SMILES string of the molecule is CCC(C)(C)C(=O)OCCOC(=O)C1CC=CCC1C(=O)O. The quantitative estimate of drug-likeness (QED) is 0.440. The molecular formula is C16H24O6. The molecule has 6 nitrogen and oxygen atoms in total. The molecule has 0 saturated heterocycles. The van der Waals surface area contributed by atoms with Gasteiger partial charge >= 0.3 is 17.9 Å². The third-order valence-corrected chi connectivity index (χ3v) is 4.05. The van der Waals surface area contributed by atoms with Gasteiger partial charge in [-0.15, -0.1) is 0 Å². The van der Waals surface area contributed by atoms with Crippen LogP contribution in [0.4, 0.5) is 0 Å². The Kier molecular flexibility index (Phi) is 6.59. The molecule has 22 heavy (non-hydrogen) atoms. The summed E-state index contributed by atoms with van der Waals surface area (Å²) in [5.74, 6) is -3.32. The van der Waals surface area contributed by atoms with Crippen LogP contribution in [0.1, 0.15) is 40.0 Å². The average molecular weight is 312 g/mol. The molecule has 0 bridgehead atoms. The van der Waals surface area contributed by atoms with Crippen molar-refractivity contribution in [3.63, 3.8) is 0 Å². The molecule has 0 aromatic rings. The summed E-state index contributed by atoms with van der Waals surface area (Å²) in [5.41, 5.74) is -0.563. The molecule has 0 heterocycles. The molecule has 2 atom stereocenters. The minimum atomic E-state index is -0.998. The Balaban J connectivity index is 2.39. The fraction of sp³-hybridized carbons (Fsp3) is 0.688. The molecule has 1 rings (SSSR count). The van der Waals surface area contributed by atoms with Crippen molar-refractivity contribution in [2.24, 2.45) is 17.3 Å². The Morgan fingerprint density at radius 3 is 2.18 bits per heavy atom. The average Bonchev–Trinajstić information content (AvgIpc) is 2.50. The van der Waals surface area contributed by atoms with Gasteiger partial charge in [0, 0.05) is 0 Å². The highest BCUT2D eigenvalue weighted by atomic mass is 16.6. The number of aliphatic carboxylic acids is 1. The van der Waals surface area contributed by atoms with E-state index < -0.39 is 29.2 Å². The summed E-state index contributed by atoms with van der Waals surface area (Å²) in [6, 6.07) is 0. The fourth-order valence-corrected chi connectivity index (χ4v) is 2.07. The lowest BCUT2D eigenvalue weighted by Crippen LogP contribution is -2.33. The van der Waals surface area contributed by atoms with Gasteiger partial charge in [-0.25, -0.2) is 0 Å². The van der Waals surface area contributed by atoms with E-state index in [1.807, 2.05) is 6.92 Å². The van der Waals surface area contributed by atoms with Gasteiger partial charge in [0.15, 0.2) is 0 Å². The van der Waals surface area contributed by atoms with Gasteiger partial charge in [-0.2, -0.15) is 0 Å². The molecule has 0 spiro atoms. The first-order valence-corrected chi connectivity index (χ1v) is 7.51. The van der Waals surface area contributed by atoms with Crippen LogP contribution in [0.2, 0.25) is 0 Å². The highest BCUT2D eigenvalue weighted by Gasteiger charge is 2.35. The van der Waals surface area contributed by atoms with Crippen molar-refractivity contribution in [2.45, 2.75) is 40.0 Å². The number of hydrogen-bond acceptors (Lipinski definition) is 5. The van der Waals surface area contributed by atoms with Crippen molar-refractivity contribution in [3.8, 4) is 0 Å². The third-order valence-electron chi connectivity index (χ3n) is 4.05. The molecule has 0 fully saturated rings. The molecule has 0 aliphatic heterocycles. The molecule has 0 amide bonds. The van der Waals surface area contributed by atoms with Gasteiger partial charge in [0.25, 0.3) is 0 Å².